The molecule has 0 rings (SSSR count). The number of hydrogen-bond donors (Lipinski definition) is 0. The maximum atomic E-state index is 3.98. The Labute approximate surface area is 175 Å². The molecule has 0 heterocycles. The van der Waals surface area contributed by atoms with Gasteiger partial charge >= 0.3 is 0 Å². The third-order valence-corrected chi connectivity index (χ3v) is 6.41. The lowest BCUT2D eigenvalue weighted by molar-refractivity contribution is 0.672. The van der Waals surface area contributed by atoms with Crippen LogP contribution in [0, 0.1) is 5.92 Å². The third kappa shape index (κ3) is 9.81. The zero-order valence-electron chi connectivity index (χ0n) is 17.5. The first-order valence-corrected chi connectivity index (χ1v) is 11.6. The zero-order valence-corrected chi connectivity index (χ0v) is 20.9. The Balaban J connectivity index is 6.08. The summed E-state index contributed by atoms with van der Waals surface area (Å²) in [6.07, 6.45) is 20.2. The molecule has 0 aliphatic carbocycles. The van der Waals surface area contributed by atoms with Gasteiger partial charge in [0.05, 0.1) is 0 Å². The van der Waals surface area contributed by atoms with Gasteiger partial charge < -0.3 is 0 Å². The van der Waals surface area contributed by atoms with E-state index in [2.05, 4.69) is 98.1 Å². The molecule has 0 spiro atoms. The Morgan fingerprint density at radius 2 is 1.30 bits per heavy atom. The van der Waals surface area contributed by atoms with Crippen LogP contribution in [0.2, 0.25) is 0 Å². The molecule has 0 aliphatic rings. The molecule has 3 atom stereocenters. The lowest BCUT2D eigenvalue weighted by Crippen LogP contribution is -2.04. The molecule has 0 fully saturated rings. The minimum Gasteiger partial charge on any atom is -0.137 e. The highest BCUT2D eigenvalue weighted by molar-refractivity contribution is 7.22. The maximum Gasteiger partial charge on any atom is -0.0152 e. The fourth-order valence-corrected chi connectivity index (χ4v) is 3.63. The van der Waals surface area contributed by atoms with Crippen molar-refractivity contribution in [3.05, 3.63) is 94.9 Å². The van der Waals surface area contributed by atoms with Crippen molar-refractivity contribution < 1.29 is 0 Å². The van der Waals surface area contributed by atoms with Gasteiger partial charge in [0.25, 0.3) is 0 Å². The lowest BCUT2D eigenvalue weighted by Gasteiger charge is -2.14. The molecule has 0 saturated carbocycles. The molecule has 0 aromatic carbocycles. The van der Waals surface area contributed by atoms with Crippen molar-refractivity contribution in [2.24, 2.45) is 5.92 Å². The molecule has 0 saturated heterocycles. The summed E-state index contributed by atoms with van der Waals surface area (Å²) < 4.78 is 0. The normalized spacial score (nSPS) is 15.4. The minimum absolute atomic E-state index is 0.669. The third-order valence-electron chi connectivity index (χ3n) is 4.55. The predicted octanol–water partition coefficient (Wildman–Crippen LogP) is 7.59. The van der Waals surface area contributed by atoms with E-state index in [9.17, 15) is 0 Å². The van der Waals surface area contributed by atoms with Crippen LogP contribution in [-0.4, -0.2) is 12.3 Å². The number of rotatable bonds is 11. The van der Waals surface area contributed by atoms with Gasteiger partial charge in [-0.25, -0.2) is 0 Å². The SMILES string of the molecule is C=CC(C)=C(/C=C\C(P)=C/C)C(/C=C\C(=C/C)CC(CP)CP)=C(/C)C=C. The van der Waals surface area contributed by atoms with Gasteiger partial charge in [0.2, 0.25) is 0 Å². The Hall–Kier alpha value is -0.790. The van der Waals surface area contributed by atoms with Gasteiger partial charge in [-0.2, -0.15) is 0 Å². The topological polar surface area (TPSA) is 0 Å². The van der Waals surface area contributed by atoms with E-state index in [-0.39, 0.29) is 0 Å². The summed E-state index contributed by atoms with van der Waals surface area (Å²) in [6, 6.07) is 0. The second kappa shape index (κ2) is 15.2. The van der Waals surface area contributed by atoms with Crippen LogP contribution in [0.3, 0.4) is 0 Å². The average molecular weight is 418 g/mol. The quantitative estimate of drug-likeness (QED) is 0.240. The van der Waals surface area contributed by atoms with Crippen molar-refractivity contribution in [3.8, 4) is 0 Å². The summed E-state index contributed by atoms with van der Waals surface area (Å²) in [6.45, 7) is 16.3. The van der Waals surface area contributed by atoms with Crippen LogP contribution in [0.15, 0.2) is 94.9 Å². The molecule has 0 aromatic heterocycles. The van der Waals surface area contributed by atoms with Crippen molar-refractivity contribution in [1.82, 2.24) is 0 Å². The second-order valence-corrected chi connectivity index (χ2v) is 8.07. The molecule has 3 heteroatoms. The van der Waals surface area contributed by atoms with Crippen molar-refractivity contribution in [1.29, 1.82) is 0 Å². The molecule has 0 amide bonds. The summed E-state index contributed by atoms with van der Waals surface area (Å²) in [7, 11) is 8.48. The predicted molar refractivity (Wildman–Crippen MR) is 139 cm³/mol. The first-order valence-electron chi connectivity index (χ1n) is 9.38. The first kappa shape index (κ1) is 26.2. The Kier molecular flexibility index (Phi) is 14.7. The molecule has 0 radical (unpaired) electrons. The Morgan fingerprint density at radius 3 is 1.67 bits per heavy atom. The monoisotopic (exact) mass is 418 g/mol. The molecule has 27 heavy (non-hydrogen) atoms. The van der Waals surface area contributed by atoms with Gasteiger partial charge in [-0.05, 0) is 80.0 Å². The highest BCUT2D eigenvalue weighted by Gasteiger charge is 2.08. The molecular formula is C24H37P3. The van der Waals surface area contributed by atoms with Crippen LogP contribution >= 0.6 is 27.7 Å². The molecule has 3 unspecified atom stereocenters. The van der Waals surface area contributed by atoms with Crippen molar-refractivity contribution in [3.63, 3.8) is 0 Å². The van der Waals surface area contributed by atoms with E-state index >= 15 is 0 Å². The van der Waals surface area contributed by atoms with Crippen LogP contribution in [0.4, 0.5) is 0 Å². The van der Waals surface area contributed by atoms with E-state index in [0.29, 0.717) is 5.92 Å². The van der Waals surface area contributed by atoms with Gasteiger partial charge in [-0.15, -0.1) is 27.7 Å². The van der Waals surface area contributed by atoms with Gasteiger partial charge in [-0.1, -0.05) is 67.3 Å². The van der Waals surface area contributed by atoms with E-state index in [1.165, 1.54) is 16.7 Å². The highest BCUT2D eigenvalue weighted by Crippen LogP contribution is 2.26. The summed E-state index contributed by atoms with van der Waals surface area (Å²) in [5.41, 5.74) is 6.02. The Morgan fingerprint density at radius 1 is 0.815 bits per heavy atom. The average Bonchev–Trinajstić information content (AvgIpc) is 2.70. The standard InChI is InChI=1S/C24H37P3/c1-7-18(5)23(13-11-20(9-3)15-21(16-25)17-26)24(19(6)8-2)14-12-22(27)10-4/h7-14,21H,1-2,15-17,25-27H2,3-6H3/b13-11-,14-12-,20-9+,22-10+,23-18-,24-19?. The fourth-order valence-electron chi connectivity index (χ4n) is 2.43. The second-order valence-electron chi connectivity index (χ2n) is 6.46. The van der Waals surface area contributed by atoms with E-state index in [1.807, 2.05) is 19.1 Å². The fraction of sp³-hybridized carbons (Fsp3) is 0.333. The summed E-state index contributed by atoms with van der Waals surface area (Å²) in [5, 5.41) is 1.15. The van der Waals surface area contributed by atoms with E-state index in [4.69, 9.17) is 0 Å². The van der Waals surface area contributed by atoms with Gasteiger partial charge in [0.15, 0.2) is 0 Å². The van der Waals surface area contributed by atoms with Crippen LogP contribution in [0.5, 0.6) is 0 Å². The summed E-state index contributed by atoms with van der Waals surface area (Å²) >= 11 is 0. The van der Waals surface area contributed by atoms with Crippen molar-refractivity contribution in [2.75, 3.05) is 12.3 Å². The Bertz CT molecular complexity index is 678. The van der Waals surface area contributed by atoms with E-state index in [0.717, 1.165) is 35.2 Å². The smallest absolute Gasteiger partial charge is 0.0152 e. The molecule has 0 N–H and O–H groups in total. The van der Waals surface area contributed by atoms with Gasteiger partial charge in [0, 0.05) is 0 Å². The molecule has 0 nitrogen and oxygen atoms in total. The maximum absolute atomic E-state index is 3.98. The lowest BCUT2D eigenvalue weighted by atomic mass is 9.93. The van der Waals surface area contributed by atoms with Crippen molar-refractivity contribution >= 4 is 27.7 Å². The van der Waals surface area contributed by atoms with Crippen LogP contribution < -0.4 is 0 Å². The van der Waals surface area contributed by atoms with Crippen LogP contribution in [0.25, 0.3) is 0 Å². The van der Waals surface area contributed by atoms with Crippen molar-refractivity contribution in [2.45, 2.75) is 34.1 Å². The number of allylic oxidation sites excluding steroid dienone is 14. The van der Waals surface area contributed by atoms with E-state index < -0.39 is 0 Å². The molecule has 0 aliphatic heterocycles. The highest BCUT2D eigenvalue weighted by atomic mass is 31.0. The first-order chi connectivity index (χ1) is 12.9. The summed E-state index contributed by atoms with van der Waals surface area (Å²) in [5.74, 6) is 0.669. The molecule has 0 aromatic rings. The zero-order chi connectivity index (χ0) is 20.8. The number of hydrogen-bond acceptors (Lipinski definition) is 0. The largest absolute Gasteiger partial charge is 0.137 e. The van der Waals surface area contributed by atoms with Crippen LogP contribution in [0.1, 0.15) is 34.1 Å². The van der Waals surface area contributed by atoms with Gasteiger partial charge in [0.1, 0.15) is 0 Å². The minimum atomic E-state index is 0.669. The molecule has 148 valence electrons. The van der Waals surface area contributed by atoms with Crippen LogP contribution in [-0.2, 0) is 0 Å². The van der Waals surface area contributed by atoms with E-state index in [1.54, 1.807) is 0 Å². The summed E-state index contributed by atoms with van der Waals surface area (Å²) in [4.78, 5) is 0. The molecular weight excluding hydrogens is 381 g/mol. The van der Waals surface area contributed by atoms with Gasteiger partial charge in [-0.3, -0.25) is 0 Å². The molecule has 0 bridgehead atoms.